The maximum absolute atomic E-state index is 12.4. The number of hydrazine groups is 1. The van der Waals surface area contributed by atoms with Gasteiger partial charge in [-0.3, -0.25) is 20.8 Å². The fourth-order valence-corrected chi connectivity index (χ4v) is 1.81. The predicted octanol–water partition coefficient (Wildman–Crippen LogP) is 0.723. The number of carbonyl (C=O) groups is 1. The van der Waals surface area contributed by atoms with Crippen molar-refractivity contribution in [3.8, 4) is 0 Å². The zero-order valence-corrected chi connectivity index (χ0v) is 11.4. The second kappa shape index (κ2) is 6.83. The molecule has 1 amide bonds. The van der Waals surface area contributed by atoms with E-state index in [0.29, 0.717) is 5.69 Å². The van der Waals surface area contributed by atoms with Gasteiger partial charge in [-0.1, -0.05) is 0 Å². The van der Waals surface area contributed by atoms with Crippen LogP contribution in [-0.2, 0) is 0 Å². The standard InChI is InChI=1S/C12H18N4O4/c1-8(2)15(5-6-17)12(18)10-7-9(14-13)3-4-11(10)16(19)20/h3-4,7-8,14,17H,5-6,13H2,1-2H3. The van der Waals surface area contributed by atoms with Gasteiger partial charge >= 0.3 is 0 Å². The number of hydrogen-bond donors (Lipinski definition) is 3. The molecule has 8 heteroatoms. The first kappa shape index (κ1) is 15.9. The van der Waals surface area contributed by atoms with E-state index in [1.165, 1.54) is 23.1 Å². The molecular weight excluding hydrogens is 264 g/mol. The lowest BCUT2D eigenvalue weighted by molar-refractivity contribution is -0.385. The number of nitrogens with two attached hydrogens (primary N) is 1. The Morgan fingerprint density at radius 3 is 2.65 bits per heavy atom. The Bertz CT molecular complexity index is 504. The van der Waals surface area contributed by atoms with Crippen molar-refractivity contribution in [2.45, 2.75) is 19.9 Å². The van der Waals surface area contributed by atoms with E-state index >= 15 is 0 Å². The lowest BCUT2D eigenvalue weighted by Crippen LogP contribution is -2.39. The monoisotopic (exact) mass is 282 g/mol. The fraction of sp³-hybridized carbons (Fsp3) is 0.417. The number of nitro benzene ring substituents is 1. The summed E-state index contributed by atoms with van der Waals surface area (Å²) in [4.78, 5) is 24.2. The Labute approximate surface area is 116 Å². The number of carbonyl (C=O) groups excluding carboxylic acids is 1. The molecule has 0 spiro atoms. The Morgan fingerprint density at radius 1 is 1.55 bits per heavy atom. The Kier molecular flexibility index (Phi) is 5.42. The fourth-order valence-electron chi connectivity index (χ4n) is 1.81. The van der Waals surface area contributed by atoms with E-state index in [4.69, 9.17) is 10.9 Å². The Hall–Kier alpha value is -2.19. The molecule has 0 radical (unpaired) electrons. The van der Waals surface area contributed by atoms with Gasteiger partial charge in [0.2, 0.25) is 0 Å². The number of anilines is 1. The summed E-state index contributed by atoms with van der Waals surface area (Å²) in [5.41, 5.74) is 2.38. The van der Waals surface area contributed by atoms with Crippen molar-refractivity contribution in [3.63, 3.8) is 0 Å². The number of nitrogens with one attached hydrogen (secondary N) is 1. The van der Waals surface area contributed by atoms with Gasteiger partial charge in [-0.05, 0) is 26.0 Å². The van der Waals surface area contributed by atoms with Crippen LogP contribution >= 0.6 is 0 Å². The second-order valence-electron chi connectivity index (χ2n) is 4.45. The van der Waals surface area contributed by atoms with E-state index in [2.05, 4.69) is 5.43 Å². The van der Waals surface area contributed by atoms with Crippen molar-refractivity contribution in [3.05, 3.63) is 33.9 Å². The van der Waals surface area contributed by atoms with E-state index in [0.717, 1.165) is 0 Å². The molecule has 0 atom stereocenters. The molecule has 0 bridgehead atoms. The molecule has 0 aliphatic heterocycles. The van der Waals surface area contributed by atoms with Crippen LogP contribution < -0.4 is 11.3 Å². The molecule has 20 heavy (non-hydrogen) atoms. The zero-order chi connectivity index (χ0) is 15.3. The number of rotatable bonds is 6. The van der Waals surface area contributed by atoms with Gasteiger partial charge in [-0.2, -0.15) is 0 Å². The summed E-state index contributed by atoms with van der Waals surface area (Å²) in [5, 5.41) is 20.0. The summed E-state index contributed by atoms with van der Waals surface area (Å²) in [5.74, 6) is 4.74. The molecule has 110 valence electrons. The third-order valence-electron chi connectivity index (χ3n) is 2.82. The van der Waals surface area contributed by atoms with Crippen molar-refractivity contribution >= 4 is 17.3 Å². The molecule has 0 aliphatic rings. The normalized spacial score (nSPS) is 10.4. The summed E-state index contributed by atoms with van der Waals surface area (Å²) < 4.78 is 0. The highest BCUT2D eigenvalue weighted by molar-refractivity contribution is 5.99. The summed E-state index contributed by atoms with van der Waals surface area (Å²) in [6, 6.07) is 3.78. The van der Waals surface area contributed by atoms with Crippen LogP contribution in [0, 0.1) is 10.1 Å². The van der Waals surface area contributed by atoms with Crippen molar-refractivity contribution in [1.82, 2.24) is 4.90 Å². The van der Waals surface area contributed by atoms with Gasteiger partial charge in [0.05, 0.1) is 11.5 Å². The smallest absolute Gasteiger partial charge is 0.282 e. The first-order valence-electron chi connectivity index (χ1n) is 6.09. The maximum atomic E-state index is 12.4. The molecule has 0 heterocycles. The molecule has 0 saturated heterocycles. The van der Waals surface area contributed by atoms with Crippen LogP contribution in [0.1, 0.15) is 24.2 Å². The molecule has 0 aliphatic carbocycles. The Morgan fingerprint density at radius 2 is 2.20 bits per heavy atom. The van der Waals surface area contributed by atoms with Gasteiger partial charge in [-0.25, -0.2) is 0 Å². The summed E-state index contributed by atoms with van der Waals surface area (Å²) >= 11 is 0. The number of amides is 1. The van der Waals surface area contributed by atoms with Crippen LogP contribution in [-0.4, -0.2) is 40.0 Å². The van der Waals surface area contributed by atoms with Crippen LogP contribution in [0.4, 0.5) is 11.4 Å². The average Bonchev–Trinajstić information content (AvgIpc) is 2.42. The highest BCUT2D eigenvalue weighted by Gasteiger charge is 2.26. The second-order valence-corrected chi connectivity index (χ2v) is 4.45. The van der Waals surface area contributed by atoms with Crippen molar-refractivity contribution in [1.29, 1.82) is 0 Å². The van der Waals surface area contributed by atoms with E-state index in [-0.39, 0.29) is 30.4 Å². The summed E-state index contributed by atoms with van der Waals surface area (Å²) in [6.45, 7) is 3.43. The number of nitrogens with zero attached hydrogens (tertiary/aromatic N) is 2. The minimum atomic E-state index is -0.620. The Balaban J connectivity index is 3.27. The van der Waals surface area contributed by atoms with E-state index in [9.17, 15) is 14.9 Å². The number of aliphatic hydroxyl groups is 1. The molecular formula is C12H18N4O4. The van der Waals surface area contributed by atoms with Crippen LogP contribution in [0.25, 0.3) is 0 Å². The van der Waals surface area contributed by atoms with Gasteiger partial charge in [0.25, 0.3) is 11.6 Å². The number of benzene rings is 1. The highest BCUT2D eigenvalue weighted by atomic mass is 16.6. The first-order valence-corrected chi connectivity index (χ1v) is 6.09. The quantitative estimate of drug-likeness (QED) is 0.401. The SMILES string of the molecule is CC(C)N(CCO)C(=O)c1cc(NN)ccc1[N+](=O)[O-]. The third kappa shape index (κ3) is 3.43. The number of nitro groups is 1. The lowest BCUT2D eigenvalue weighted by atomic mass is 10.1. The molecule has 1 aromatic carbocycles. The molecule has 0 saturated carbocycles. The molecule has 1 rings (SSSR count). The first-order chi connectivity index (χ1) is 9.42. The topological polar surface area (TPSA) is 122 Å². The predicted molar refractivity (Wildman–Crippen MR) is 74.2 cm³/mol. The van der Waals surface area contributed by atoms with E-state index in [1.807, 2.05) is 0 Å². The van der Waals surface area contributed by atoms with Gasteiger partial charge < -0.3 is 15.4 Å². The lowest BCUT2D eigenvalue weighted by Gasteiger charge is -2.26. The van der Waals surface area contributed by atoms with Crippen LogP contribution in [0.5, 0.6) is 0 Å². The van der Waals surface area contributed by atoms with Crippen molar-refractivity contribution in [2.75, 3.05) is 18.6 Å². The number of nitrogen functional groups attached to an aromatic ring is 1. The van der Waals surface area contributed by atoms with Gasteiger partial charge in [0, 0.05) is 24.3 Å². The van der Waals surface area contributed by atoms with E-state index < -0.39 is 10.8 Å². The molecule has 8 nitrogen and oxygen atoms in total. The van der Waals surface area contributed by atoms with Gasteiger partial charge in [0.15, 0.2) is 0 Å². The summed E-state index contributed by atoms with van der Waals surface area (Å²) in [7, 11) is 0. The minimum Gasteiger partial charge on any atom is -0.395 e. The van der Waals surface area contributed by atoms with Gasteiger partial charge in [0.1, 0.15) is 5.56 Å². The maximum Gasteiger partial charge on any atom is 0.282 e. The number of aliphatic hydroxyl groups excluding tert-OH is 1. The third-order valence-corrected chi connectivity index (χ3v) is 2.82. The molecule has 0 aromatic heterocycles. The van der Waals surface area contributed by atoms with Crippen LogP contribution in [0.3, 0.4) is 0 Å². The summed E-state index contributed by atoms with van der Waals surface area (Å²) in [6.07, 6.45) is 0. The molecule has 4 N–H and O–H groups in total. The minimum absolute atomic E-state index is 0.0624. The van der Waals surface area contributed by atoms with Crippen LogP contribution in [0.15, 0.2) is 18.2 Å². The largest absolute Gasteiger partial charge is 0.395 e. The zero-order valence-electron chi connectivity index (χ0n) is 11.4. The van der Waals surface area contributed by atoms with Crippen LogP contribution in [0.2, 0.25) is 0 Å². The van der Waals surface area contributed by atoms with Crippen molar-refractivity contribution in [2.24, 2.45) is 5.84 Å². The molecule has 0 fully saturated rings. The van der Waals surface area contributed by atoms with Gasteiger partial charge in [-0.15, -0.1) is 0 Å². The van der Waals surface area contributed by atoms with Crippen molar-refractivity contribution < 1.29 is 14.8 Å². The van der Waals surface area contributed by atoms with E-state index in [1.54, 1.807) is 13.8 Å². The molecule has 0 unspecified atom stereocenters. The molecule has 1 aromatic rings. The average molecular weight is 282 g/mol. The highest BCUT2D eigenvalue weighted by Crippen LogP contribution is 2.24. The number of hydrogen-bond acceptors (Lipinski definition) is 6.